The molecule has 0 aliphatic heterocycles. The van der Waals surface area contributed by atoms with E-state index in [4.69, 9.17) is 11.6 Å². The van der Waals surface area contributed by atoms with Gasteiger partial charge in [-0.25, -0.2) is 14.3 Å². The Kier molecular flexibility index (Phi) is 4.52. The lowest BCUT2D eigenvalue weighted by Crippen LogP contribution is -2.24. The summed E-state index contributed by atoms with van der Waals surface area (Å²) in [5.41, 5.74) is 2.28. The fraction of sp³-hybridized carbons (Fsp3) is 0.105. The number of hydrogen-bond donors (Lipinski definition) is 0. The van der Waals surface area contributed by atoms with Crippen LogP contribution in [0.4, 0.5) is 0 Å². The summed E-state index contributed by atoms with van der Waals surface area (Å²) in [5, 5.41) is 8.96. The second-order valence-electron chi connectivity index (χ2n) is 5.94. The fourth-order valence-electron chi connectivity index (χ4n) is 2.70. The number of aryl methyl sites for hydroxylation is 1. The molecule has 7 nitrogen and oxygen atoms in total. The Bertz CT molecular complexity index is 1150. The van der Waals surface area contributed by atoms with E-state index in [0.29, 0.717) is 11.6 Å². The third-order valence-electron chi connectivity index (χ3n) is 3.96. The molecule has 0 bridgehead atoms. The number of nitrogens with zero attached hydrogens (tertiary/aromatic N) is 6. The van der Waals surface area contributed by atoms with Gasteiger partial charge in [-0.3, -0.25) is 9.78 Å². The molecular formula is C19H15ClN6O. The van der Waals surface area contributed by atoms with Gasteiger partial charge in [0.2, 0.25) is 0 Å². The van der Waals surface area contributed by atoms with Crippen molar-refractivity contribution in [2.75, 3.05) is 0 Å². The van der Waals surface area contributed by atoms with Crippen LogP contribution >= 0.6 is 11.6 Å². The summed E-state index contributed by atoms with van der Waals surface area (Å²) in [4.78, 5) is 21.0. The zero-order valence-electron chi connectivity index (χ0n) is 14.5. The number of halogens is 1. The van der Waals surface area contributed by atoms with Crippen LogP contribution in [-0.4, -0.2) is 29.5 Å². The van der Waals surface area contributed by atoms with Gasteiger partial charge in [-0.05, 0) is 25.1 Å². The molecule has 3 heterocycles. The first-order chi connectivity index (χ1) is 13.1. The molecule has 0 aliphatic carbocycles. The Labute approximate surface area is 159 Å². The molecule has 4 aromatic rings. The largest absolute Gasteiger partial charge is 0.268 e. The Hall–Kier alpha value is -3.32. The van der Waals surface area contributed by atoms with Crippen molar-refractivity contribution in [3.8, 4) is 17.1 Å². The second-order valence-corrected chi connectivity index (χ2v) is 6.32. The van der Waals surface area contributed by atoms with Crippen LogP contribution < -0.4 is 5.56 Å². The smallest absolute Gasteiger partial charge is 0.267 e. The average Bonchev–Trinajstić information content (AvgIpc) is 3.09. The number of benzene rings is 1. The highest BCUT2D eigenvalue weighted by atomic mass is 35.5. The van der Waals surface area contributed by atoms with Gasteiger partial charge in [0.15, 0.2) is 11.6 Å². The highest BCUT2D eigenvalue weighted by molar-refractivity contribution is 6.29. The lowest BCUT2D eigenvalue weighted by atomic mass is 10.2. The molecular weight excluding hydrogens is 364 g/mol. The number of aromatic nitrogens is 6. The van der Waals surface area contributed by atoms with E-state index < -0.39 is 0 Å². The van der Waals surface area contributed by atoms with Crippen LogP contribution in [0.5, 0.6) is 0 Å². The summed E-state index contributed by atoms with van der Waals surface area (Å²) in [5.74, 6) is 1.13. The Morgan fingerprint density at radius 3 is 2.63 bits per heavy atom. The van der Waals surface area contributed by atoms with Crippen LogP contribution in [0.3, 0.4) is 0 Å². The van der Waals surface area contributed by atoms with Gasteiger partial charge in [0.1, 0.15) is 11.7 Å². The van der Waals surface area contributed by atoms with Gasteiger partial charge in [0.05, 0.1) is 5.69 Å². The van der Waals surface area contributed by atoms with Crippen LogP contribution in [0.1, 0.15) is 11.5 Å². The normalized spacial score (nSPS) is 10.9. The molecule has 1 aromatic carbocycles. The Balaban J connectivity index is 1.84. The van der Waals surface area contributed by atoms with Gasteiger partial charge in [0, 0.05) is 23.5 Å². The summed E-state index contributed by atoms with van der Waals surface area (Å²) >= 11 is 5.94. The van der Waals surface area contributed by atoms with Gasteiger partial charge >= 0.3 is 0 Å². The molecule has 0 radical (unpaired) electrons. The number of hydrogen-bond acceptors (Lipinski definition) is 5. The molecule has 0 unspecified atom stereocenters. The molecule has 0 amide bonds. The quantitative estimate of drug-likeness (QED) is 0.545. The van der Waals surface area contributed by atoms with Crippen molar-refractivity contribution in [3.05, 3.63) is 87.8 Å². The molecule has 8 heteroatoms. The van der Waals surface area contributed by atoms with E-state index >= 15 is 0 Å². The summed E-state index contributed by atoms with van der Waals surface area (Å²) in [6, 6.07) is 16.2. The summed E-state index contributed by atoms with van der Waals surface area (Å²) in [7, 11) is 0. The molecule has 0 saturated carbocycles. The van der Waals surface area contributed by atoms with Crippen LogP contribution in [0, 0.1) is 6.92 Å². The van der Waals surface area contributed by atoms with E-state index in [1.165, 1.54) is 16.8 Å². The monoisotopic (exact) mass is 378 g/mol. The topological polar surface area (TPSA) is 78.5 Å². The van der Waals surface area contributed by atoms with Gasteiger partial charge in [0.25, 0.3) is 5.56 Å². The minimum atomic E-state index is -0.263. The van der Waals surface area contributed by atoms with Crippen molar-refractivity contribution in [3.63, 3.8) is 0 Å². The minimum absolute atomic E-state index is 0.139. The average molecular weight is 379 g/mol. The number of rotatable bonds is 4. The molecule has 0 saturated heterocycles. The van der Waals surface area contributed by atoms with Gasteiger partial charge in [-0.1, -0.05) is 41.9 Å². The molecule has 27 heavy (non-hydrogen) atoms. The van der Waals surface area contributed by atoms with Crippen molar-refractivity contribution in [1.82, 2.24) is 29.5 Å². The molecule has 3 aromatic heterocycles. The highest BCUT2D eigenvalue weighted by Crippen LogP contribution is 2.19. The van der Waals surface area contributed by atoms with E-state index in [-0.39, 0.29) is 17.3 Å². The van der Waals surface area contributed by atoms with Crippen molar-refractivity contribution >= 4 is 11.6 Å². The zero-order chi connectivity index (χ0) is 18.8. The zero-order valence-corrected chi connectivity index (χ0v) is 15.2. The molecule has 0 fully saturated rings. The standard InChI is InChI=1S/C19H15ClN6O/c1-13-11-15(9-10-21-13)26-17(12-25-18(27)8-7-16(20)23-25)22-19(24-26)14-5-3-2-4-6-14/h2-11H,12H2,1H3. The van der Waals surface area contributed by atoms with Crippen LogP contribution in [0.2, 0.25) is 5.15 Å². The van der Waals surface area contributed by atoms with E-state index in [1.54, 1.807) is 10.9 Å². The van der Waals surface area contributed by atoms with E-state index in [2.05, 4.69) is 20.2 Å². The first kappa shape index (κ1) is 17.1. The summed E-state index contributed by atoms with van der Waals surface area (Å²) in [6.45, 7) is 2.04. The first-order valence-electron chi connectivity index (χ1n) is 8.28. The SMILES string of the molecule is Cc1cc(-n2nc(-c3ccccc3)nc2Cn2nc(Cl)ccc2=O)ccn1. The van der Waals surface area contributed by atoms with Gasteiger partial charge in [-0.15, -0.1) is 5.10 Å². The lowest BCUT2D eigenvalue weighted by molar-refractivity contribution is 0.599. The first-order valence-corrected chi connectivity index (χ1v) is 8.66. The number of pyridine rings is 1. The maximum atomic E-state index is 12.1. The maximum absolute atomic E-state index is 12.1. The maximum Gasteiger partial charge on any atom is 0.267 e. The Morgan fingerprint density at radius 1 is 1.04 bits per heavy atom. The van der Waals surface area contributed by atoms with Gasteiger partial charge < -0.3 is 0 Å². The van der Waals surface area contributed by atoms with Crippen LogP contribution in [0.25, 0.3) is 17.1 Å². The summed E-state index contributed by atoms with van der Waals surface area (Å²) in [6.07, 6.45) is 1.71. The van der Waals surface area contributed by atoms with Crippen molar-refractivity contribution < 1.29 is 0 Å². The van der Waals surface area contributed by atoms with E-state index in [0.717, 1.165) is 16.9 Å². The predicted octanol–water partition coefficient (Wildman–Crippen LogP) is 2.90. The van der Waals surface area contributed by atoms with Crippen molar-refractivity contribution in [2.24, 2.45) is 0 Å². The van der Waals surface area contributed by atoms with Crippen molar-refractivity contribution in [2.45, 2.75) is 13.5 Å². The molecule has 4 rings (SSSR count). The summed E-state index contributed by atoms with van der Waals surface area (Å²) < 4.78 is 2.97. The van der Waals surface area contributed by atoms with Crippen LogP contribution in [0.15, 0.2) is 65.6 Å². The van der Waals surface area contributed by atoms with Crippen molar-refractivity contribution in [1.29, 1.82) is 0 Å². The molecule has 0 N–H and O–H groups in total. The van der Waals surface area contributed by atoms with Crippen LogP contribution in [-0.2, 0) is 6.54 Å². The molecule has 134 valence electrons. The van der Waals surface area contributed by atoms with Gasteiger partial charge in [-0.2, -0.15) is 5.10 Å². The minimum Gasteiger partial charge on any atom is -0.268 e. The molecule has 0 aliphatic rings. The third-order valence-corrected chi connectivity index (χ3v) is 4.16. The fourth-order valence-corrected chi connectivity index (χ4v) is 2.85. The van der Waals surface area contributed by atoms with E-state index in [9.17, 15) is 4.79 Å². The molecule has 0 spiro atoms. The highest BCUT2D eigenvalue weighted by Gasteiger charge is 2.15. The third kappa shape index (κ3) is 3.63. The molecule has 0 atom stereocenters. The van der Waals surface area contributed by atoms with E-state index in [1.807, 2.05) is 49.4 Å². The second kappa shape index (κ2) is 7.13. The Morgan fingerprint density at radius 2 is 1.85 bits per heavy atom. The predicted molar refractivity (Wildman–Crippen MR) is 102 cm³/mol. The lowest BCUT2D eigenvalue weighted by Gasteiger charge is -2.07.